The Bertz CT molecular complexity index is 609. The van der Waals surface area contributed by atoms with E-state index in [-0.39, 0.29) is 5.78 Å². The number of carbonyl (C=O) groups is 1. The maximum absolute atomic E-state index is 12.2. The predicted molar refractivity (Wildman–Crippen MR) is 87.5 cm³/mol. The zero-order chi connectivity index (χ0) is 14.5. The van der Waals surface area contributed by atoms with E-state index in [9.17, 15) is 4.79 Å². The Morgan fingerprint density at radius 2 is 1.90 bits per heavy atom. The lowest BCUT2D eigenvalue weighted by molar-refractivity contribution is 0.0985. The molecule has 0 aliphatic carbocycles. The highest BCUT2D eigenvalue weighted by Crippen LogP contribution is 2.16. The SMILES string of the molecule is Cc1cccc(N(C)CCC(=O)c2cccc(Br)c2)c1. The van der Waals surface area contributed by atoms with Crippen LogP contribution in [0.3, 0.4) is 0 Å². The van der Waals surface area contributed by atoms with Crippen LogP contribution >= 0.6 is 15.9 Å². The highest BCUT2D eigenvalue weighted by Gasteiger charge is 2.08. The van der Waals surface area contributed by atoms with Gasteiger partial charge in [0.05, 0.1) is 0 Å². The van der Waals surface area contributed by atoms with Gasteiger partial charge < -0.3 is 4.90 Å². The molecule has 2 aromatic carbocycles. The summed E-state index contributed by atoms with van der Waals surface area (Å²) in [4.78, 5) is 14.3. The first-order valence-electron chi connectivity index (χ1n) is 6.63. The van der Waals surface area contributed by atoms with E-state index >= 15 is 0 Å². The molecule has 3 heteroatoms. The third-order valence-corrected chi connectivity index (χ3v) is 3.76. The summed E-state index contributed by atoms with van der Waals surface area (Å²) in [5.41, 5.74) is 3.14. The van der Waals surface area contributed by atoms with Crippen molar-refractivity contribution in [1.82, 2.24) is 0 Å². The summed E-state index contributed by atoms with van der Waals surface area (Å²) >= 11 is 3.39. The minimum Gasteiger partial charge on any atom is -0.374 e. The van der Waals surface area contributed by atoms with Crippen molar-refractivity contribution in [3.63, 3.8) is 0 Å². The molecule has 2 nitrogen and oxygen atoms in total. The molecule has 0 saturated heterocycles. The van der Waals surface area contributed by atoms with E-state index in [1.165, 1.54) is 5.56 Å². The van der Waals surface area contributed by atoms with Gasteiger partial charge >= 0.3 is 0 Å². The van der Waals surface area contributed by atoms with Crippen LogP contribution in [0.25, 0.3) is 0 Å². The third-order valence-electron chi connectivity index (χ3n) is 3.26. The summed E-state index contributed by atoms with van der Waals surface area (Å²) in [5, 5.41) is 0. The normalized spacial score (nSPS) is 10.3. The molecule has 0 atom stereocenters. The molecule has 2 rings (SSSR count). The first kappa shape index (κ1) is 14.8. The van der Waals surface area contributed by atoms with Crippen molar-refractivity contribution in [3.05, 3.63) is 64.1 Å². The van der Waals surface area contributed by atoms with E-state index in [0.717, 1.165) is 22.3 Å². The summed E-state index contributed by atoms with van der Waals surface area (Å²) in [5.74, 6) is 0.172. The molecule has 0 radical (unpaired) electrons. The van der Waals surface area contributed by atoms with Crippen LogP contribution in [0.15, 0.2) is 53.0 Å². The average Bonchev–Trinajstić information content (AvgIpc) is 2.44. The highest BCUT2D eigenvalue weighted by molar-refractivity contribution is 9.10. The Balaban J connectivity index is 1.96. The van der Waals surface area contributed by atoms with Gasteiger partial charge in [-0.05, 0) is 36.8 Å². The molecule has 20 heavy (non-hydrogen) atoms. The summed E-state index contributed by atoms with van der Waals surface area (Å²) < 4.78 is 0.940. The molecule has 0 aromatic heterocycles. The first-order valence-corrected chi connectivity index (χ1v) is 7.42. The highest BCUT2D eigenvalue weighted by atomic mass is 79.9. The molecule has 0 fully saturated rings. The van der Waals surface area contributed by atoms with Crippen LogP contribution in [-0.4, -0.2) is 19.4 Å². The van der Waals surface area contributed by atoms with Crippen LogP contribution in [0.5, 0.6) is 0 Å². The van der Waals surface area contributed by atoms with Gasteiger partial charge in [-0.1, -0.05) is 40.2 Å². The van der Waals surface area contributed by atoms with Gasteiger partial charge in [-0.25, -0.2) is 0 Å². The second kappa shape index (κ2) is 6.71. The van der Waals surface area contributed by atoms with E-state index in [1.807, 2.05) is 37.4 Å². The van der Waals surface area contributed by atoms with Crippen molar-refractivity contribution in [2.45, 2.75) is 13.3 Å². The van der Waals surface area contributed by atoms with Crippen molar-refractivity contribution in [1.29, 1.82) is 0 Å². The monoisotopic (exact) mass is 331 g/mol. The van der Waals surface area contributed by atoms with E-state index in [4.69, 9.17) is 0 Å². The molecule has 0 bridgehead atoms. The predicted octanol–water partition coefficient (Wildman–Crippen LogP) is 4.47. The lowest BCUT2D eigenvalue weighted by atomic mass is 10.1. The summed E-state index contributed by atoms with van der Waals surface area (Å²) in [6.45, 7) is 2.79. The van der Waals surface area contributed by atoms with Crippen molar-refractivity contribution in [3.8, 4) is 0 Å². The van der Waals surface area contributed by atoms with Crippen LogP contribution < -0.4 is 4.90 Å². The molecule has 0 unspecified atom stereocenters. The number of aryl methyl sites for hydroxylation is 1. The summed E-state index contributed by atoms with van der Waals surface area (Å²) in [6.07, 6.45) is 0.515. The third kappa shape index (κ3) is 3.94. The van der Waals surface area contributed by atoms with E-state index < -0.39 is 0 Å². The molecular formula is C17H18BrNO. The largest absolute Gasteiger partial charge is 0.374 e. The standard InChI is InChI=1S/C17H18BrNO/c1-13-5-3-8-16(11-13)19(2)10-9-17(20)14-6-4-7-15(18)12-14/h3-8,11-12H,9-10H2,1-2H3. The number of benzene rings is 2. The summed E-state index contributed by atoms with van der Waals surface area (Å²) in [7, 11) is 2.02. The van der Waals surface area contributed by atoms with Gasteiger partial charge in [0.2, 0.25) is 0 Å². The number of Topliss-reactive ketones (excluding diaryl/α,β-unsaturated/α-hetero) is 1. The molecule has 0 aliphatic rings. The number of carbonyl (C=O) groups excluding carboxylic acids is 1. The number of hydrogen-bond donors (Lipinski definition) is 0. The zero-order valence-corrected chi connectivity index (χ0v) is 13.4. The molecule has 0 saturated carbocycles. The number of ketones is 1. The maximum atomic E-state index is 12.2. The molecule has 0 N–H and O–H groups in total. The van der Waals surface area contributed by atoms with E-state index in [2.05, 4.69) is 46.0 Å². The fraction of sp³-hybridized carbons (Fsp3) is 0.235. The second-order valence-electron chi connectivity index (χ2n) is 4.94. The van der Waals surface area contributed by atoms with Crippen LogP contribution in [-0.2, 0) is 0 Å². The van der Waals surface area contributed by atoms with Gasteiger partial charge in [0.15, 0.2) is 5.78 Å². The quantitative estimate of drug-likeness (QED) is 0.753. The van der Waals surface area contributed by atoms with E-state index in [1.54, 1.807) is 0 Å². The fourth-order valence-corrected chi connectivity index (χ4v) is 2.47. The van der Waals surface area contributed by atoms with Gasteiger partial charge in [0, 0.05) is 35.7 Å². The van der Waals surface area contributed by atoms with Crippen LogP contribution in [0.4, 0.5) is 5.69 Å². The first-order chi connectivity index (χ1) is 9.56. The molecule has 2 aromatic rings. The topological polar surface area (TPSA) is 20.3 Å². The van der Waals surface area contributed by atoms with Crippen LogP contribution in [0.1, 0.15) is 22.3 Å². The number of rotatable bonds is 5. The molecule has 0 amide bonds. The fourth-order valence-electron chi connectivity index (χ4n) is 2.07. The van der Waals surface area contributed by atoms with Crippen LogP contribution in [0, 0.1) is 6.92 Å². The number of anilines is 1. The second-order valence-corrected chi connectivity index (χ2v) is 5.86. The van der Waals surface area contributed by atoms with Gasteiger partial charge in [0.1, 0.15) is 0 Å². The van der Waals surface area contributed by atoms with E-state index in [0.29, 0.717) is 6.42 Å². The Labute approximate surface area is 128 Å². The zero-order valence-electron chi connectivity index (χ0n) is 11.8. The molecule has 0 aliphatic heterocycles. The molecule has 0 spiro atoms. The van der Waals surface area contributed by atoms with Gasteiger partial charge in [-0.2, -0.15) is 0 Å². The van der Waals surface area contributed by atoms with Gasteiger partial charge in [-0.3, -0.25) is 4.79 Å². The van der Waals surface area contributed by atoms with Crippen molar-refractivity contribution >= 4 is 27.4 Å². The molecular weight excluding hydrogens is 314 g/mol. The lowest BCUT2D eigenvalue weighted by Gasteiger charge is -2.19. The van der Waals surface area contributed by atoms with Crippen molar-refractivity contribution < 1.29 is 4.79 Å². The van der Waals surface area contributed by atoms with Crippen LogP contribution in [0.2, 0.25) is 0 Å². The number of hydrogen-bond acceptors (Lipinski definition) is 2. The smallest absolute Gasteiger partial charge is 0.164 e. The Hall–Kier alpha value is -1.61. The minimum atomic E-state index is 0.172. The maximum Gasteiger partial charge on any atom is 0.164 e. The Morgan fingerprint density at radius 3 is 2.60 bits per heavy atom. The molecule has 104 valence electrons. The lowest BCUT2D eigenvalue weighted by Crippen LogP contribution is -2.21. The molecule has 0 heterocycles. The summed E-state index contributed by atoms with van der Waals surface area (Å²) in [6, 6.07) is 15.9. The van der Waals surface area contributed by atoms with Gasteiger partial charge in [0.25, 0.3) is 0 Å². The Morgan fingerprint density at radius 1 is 1.15 bits per heavy atom. The van der Waals surface area contributed by atoms with Crippen molar-refractivity contribution in [2.24, 2.45) is 0 Å². The van der Waals surface area contributed by atoms with Crippen molar-refractivity contribution in [2.75, 3.05) is 18.5 Å². The average molecular weight is 332 g/mol. The Kier molecular flexibility index (Phi) is 4.96. The van der Waals surface area contributed by atoms with Gasteiger partial charge in [-0.15, -0.1) is 0 Å². The minimum absolute atomic E-state index is 0.172. The number of halogens is 1. The number of nitrogens with zero attached hydrogens (tertiary/aromatic N) is 1.